The predicted octanol–water partition coefficient (Wildman–Crippen LogP) is 11.2. The van der Waals surface area contributed by atoms with Gasteiger partial charge >= 0.3 is 0 Å². The lowest BCUT2D eigenvalue weighted by molar-refractivity contribution is 1.29. The Morgan fingerprint density at radius 2 is 1.00 bits per heavy atom. The van der Waals surface area contributed by atoms with Crippen LogP contribution in [0.1, 0.15) is 5.56 Å². The van der Waals surface area contributed by atoms with E-state index in [9.17, 15) is 0 Å². The van der Waals surface area contributed by atoms with Crippen LogP contribution in [0.4, 0.5) is 17.1 Å². The number of nitrogens with zero attached hydrogens (tertiary/aromatic N) is 1. The fourth-order valence-electron chi connectivity index (χ4n) is 5.37. The number of rotatable bonds is 5. The molecule has 0 aliphatic carbocycles. The molecule has 1 aromatic heterocycles. The van der Waals surface area contributed by atoms with Crippen molar-refractivity contribution in [2.45, 2.75) is 6.92 Å². The van der Waals surface area contributed by atoms with Crippen LogP contribution in [0, 0.1) is 6.92 Å². The van der Waals surface area contributed by atoms with E-state index in [1.54, 1.807) is 0 Å². The average Bonchev–Trinajstić information content (AvgIpc) is 3.50. The summed E-state index contributed by atoms with van der Waals surface area (Å²) in [5, 5.41) is 5.04. The second kappa shape index (κ2) is 9.90. The van der Waals surface area contributed by atoms with E-state index in [1.165, 1.54) is 53.7 Å². The van der Waals surface area contributed by atoms with Gasteiger partial charge in [-0.2, -0.15) is 0 Å². The Balaban J connectivity index is 1.36. The Morgan fingerprint density at radius 3 is 1.69 bits per heavy atom. The van der Waals surface area contributed by atoms with Gasteiger partial charge in [0.05, 0.1) is 5.69 Å². The molecule has 0 saturated heterocycles. The maximum atomic E-state index is 2.39. The summed E-state index contributed by atoms with van der Waals surface area (Å²) in [7, 11) is 0. The van der Waals surface area contributed by atoms with Crippen LogP contribution in [0.3, 0.4) is 0 Å². The van der Waals surface area contributed by atoms with Gasteiger partial charge in [-0.3, -0.25) is 0 Å². The molecule has 0 bridgehead atoms. The highest BCUT2D eigenvalue weighted by Gasteiger charge is 2.17. The third-order valence-corrected chi connectivity index (χ3v) is 8.54. The standard InChI is InChI=1S/C37H27NS/c1-26-15-19-30(20-16-26)38(35-25-29-11-5-6-12-32(29)33-13-7-8-14-34(33)35)31-21-17-28(18-22-31)37-24-23-36(39-37)27-9-3-2-4-10-27/h2-25H,1H3. The van der Waals surface area contributed by atoms with Crippen molar-refractivity contribution in [2.24, 2.45) is 0 Å². The Labute approximate surface area is 233 Å². The summed E-state index contributed by atoms with van der Waals surface area (Å²) in [6, 6.07) is 52.6. The van der Waals surface area contributed by atoms with Crippen molar-refractivity contribution in [1.29, 1.82) is 0 Å². The molecule has 0 aliphatic heterocycles. The van der Waals surface area contributed by atoms with Crippen LogP contribution in [0.15, 0.2) is 146 Å². The minimum Gasteiger partial charge on any atom is -0.310 e. The molecular formula is C37H27NS. The zero-order chi connectivity index (χ0) is 26.2. The smallest absolute Gasteiger partial charge is 0.0546 e. The second-order valence-electron chi connectivity index (χ2n) is 9.91. The van der Waals surface area contributed by atoms with Gasteiger partial charge in [0.15, 0.2) is 0 Å². The molecule has 1 nitrogen and oxygen atoms in total. The molecule has 2 heteroatoms. The largest absolute Gasteiger partial charge is 0.310 e. The van der Waals surface area contributed by atoms with Crippen LogP contribution in [-0.4, -0.2) is 0 Å². The lowest BCUT2D eigenvalue weighted by Crippen LogP contribution is -2.10. The van der Waals surface area contributed by atoms with Crippen molar-refractivity contribution >= 4 is 49.9 Å². The van der Waals surface area contributed by atoms with Gasteiger partial charge in [0.2, 0.25) is 0 Å². The highest BCUT2D eigenvalue weighted by atomic mass is 32.1. The first kappa shape index (κ1) is 23.5. The van der Waals surface area contributed by atoms with Gasteiger partial charge in [-0.1, -0.05) is 109 Å². The average molecular weight is 518 g/mol. The number of fused-ring (bicyclic) bond motifs is 3. The van der Waals surface area contributed by atoms with Gasteiger partial charge in [0.25, 0.3) is 0 Å². The number of benzene rings is 6. The minimum absolute atomic E-state index is 1.14. The molecule has 0 unspecified atom stereocenters. The Hall–Kier alpha value is -4.66. The lowest BCUT2D eigenvalue weighted by Gasteiger charge is -2.28. The summed E-state index contributed by atoms with van der Waals surface area (Å²) in [6.45, 7) is 2.14. The van der Waals surface area contributed by atoms with Crippen LogP contribution < -0.4 is 4.90 Å². The number of aryl methyl sites for hydroxylation is 1. The molecule has 0 fully saturated rings. The molecule has 0 N–H and O–H groups in total. The van der Waals surface area contributed by atoms with E-state index >= 15 is 0 Å². The molecule has 0 spiro atoms. The number of hydrogen-bond donors (Lipinski definition) is 0. The van der Waals surface area contributed by atoms with E-state index in [0.717, 1.165) is 11.4 Å². The van der Waals surface area contributed by atoms with Crippen molar-refractivity contribution in [2.75, 3.05) is 4.90 Å². The fourth-order valence-corrected chi connectivity index (χ4v) is 6.38. The quantitative estimate of drug-likeness (QED) is 0.205. The van der Waals surface area contributed by atoms with Crippen LogP contribution in [0.5, 0.6) is 0 Å². The van der Waals surface area contributed by atoms with E-state index in [1.807, 2.05) is 11.3 Å². The highest BCUT2D eigenvalue weighted by Crippen LogP contribution is 2.43. The van der Waals surface area contributed by atoms with E-state index in [-0.39, 0.29) is 0 Å². The van der Waals surface area contributed by atoms with Crippen molar-refractivity contribution in [3.05, 3.63) is 151 Å². The van der Waals surface area contributed by atoms with Crippen LogP contribution >= 0.6 is 11.3 Å². The van der Waals surface area contributed by atoms with Crippen molar-refractivity contribution in [3.63, 3.8) is 0 Å². The van der Waals surface area contributed by atoms with E-state index in [0.29, 0.717) is 0 Å². The van der Waals surface area contributed by atoms with E-state index in [2.05, 4.69) is 157 Å². The molecular weight excluding hydrogens is 490 g/mol. The highest BCUT2D eigenvalue weighted by molar-refractivity contribution is 7.18. The zero-order valence-electron chi connectivity index (χ0n) is 21.7. The second-order valence-corrected chi connectivity index (χ2v) is 11.0. The number of anilines is 3. The molecule has 0 saturated carbocycles. The molecule has 0 atom stereocenters. The molecule has 7 rings (SSSR count). The normalized spacial score (nSPS) is 11.2. The fraction of sp³-hybridized carbons (Fsp3) is 0.0270. The maximum Gasteiger partial charge on any atom is 0.0546 e. The van der Waals surface area contributed by atoms with Crippen LogP contribution in [-0.2, 0) is 0 Å². The Morgan fingerprint density at radius 1 is 0.462 bits per heavy atom. The first-order valence-electron chi connectivity index (χ1n) is 13.3. The molecule has 39 heavy (non-hydrogen) atoms. The SMILES string of the molecule is Cc1ccc(N(c2ccc(-c3ccc(-c4ccccc4)s3)cc2)c2cc3ccccc3c3ccccc23)cc1. The van der Waals surface area contributed by atoms with Crippen molar-refractivity contribution < 1.29 is 0 Å². The van der Waals surface area contributed by atoms with Crippen molar-refractivity contribution in [1.82, 2.24) is 0 Å². The van der Waals surface area contributed by atoms with Crippen LogP contribution in [0.25, 0.3) is 42.4 Å². The number of thiophene rings is 1. The topological polar surface area (TPSA) is 3.24 Å². The summed E-state index contributed by atoms with van der Waals surface area (Å²) >= 11 is 1.84. The van der Waals surface area contributed by atoms with Gasteiger partial charge in [0, 0.05) is 26.5 Å². The maximum absolute atomic E-state index is 2.39. The first-order valence-corrected chi connectivity index (χ1v) is 14.1. The van der Waals surface area contributed by atoms with Crippen LogP contribution in [0.2, 0.25) is 0 Å². The molecule has 1 heterocycles. The molecule has 186 valence electrons. The van der Waals surface area contributed by atoms with E-state index in [4.69, 9.17) is 0 Å². The van der Waals surface area contributed by atoms with Gasteiger partial charge in [-0.05, 0) is 76.7 Å². The van der Waals surface area contributed by atoms with Crippen molar-refractivity contribution in [3.8, 4) is 20.9 Å². The Bertz CT molecular complexity index is 1900. The lowest BCUT2D eigenvalue weighted by atomic mass is 9.99. The summed E-state index contributed by atoms with van der Waals surface area (Å²) in [6.07, 6.45) is 0. The van der Waals surface area contributed by atoms with Gasteiger partial charge < -0.3 is 4.90 Å². The van der Waals surface area contributed by atoms with Gasteiger partial charge in [-0.25, -0.2) is 0 Å². The minimum atomic E-state index is 1.14. The summed E-state index contributed by atoms with van der Waals surface area (Å²) in [5.74, 6) is 0. The monoisotopic (exact) mass is 517 g/mol. The van der Waals surface area contributed by atoms with Gasteiger partial charge in [-0.15, -0.1) is 11.3 Å². The zero-order valence-corrected chi connectivity index (χ0v) is 22.5. The van der Waals surface area contributed by atoms with E-state index < -0.39 is 0 Å². The van der Waals surface area contributed by atoms with Gasteiger partial charge in [0.1, 0.15) is 0 Å². The molecule has 0 aliphatic rings. The summed E-state index contributed by atoms with van der Waals surface area (Å²) in [4.78, 5) is 4.96. The third kappa shape index (κ3) is 4.39. The molecule has 6 aromatic carbocycles. The summed E-state index contributed by atoms with van der Waals surface area (Å²) < 4.78 is 0. The first-order chi connectivity index (χ1) is 19.2. The predicted molar refractivity (Wildman–Crippen MR) is 170 cm³/mol. The summed E-state index contributed by atoms with van der Waals surface area (Å²) in [5.41, 5.74) is 7.23. The Kier molecular flexibility index (Phi) is 5.96. The molecule has 7 aromatic rings. The third-order valence-electron chi connectivity index (χ3n) is 7.35. The molecule has 0 radical (unpaired) electrons. The molecule has 0 amide bonds. The number of hydrogen-bond acceptors (Lipinski definition) is 2.